The number of aryl methyl sites for hydroxylation is 2. The highest BCUT2D eigenvalue weighted by Gasteiger charge is 2.27. The van der Waals surface area contributed by atoms with Crippen LogP contribution < -0.4 is 10.6 Å². The molecule has 0 atom stereocenters. The molecule has 0 radical (unpaired) electrons. The van der Waals surface area contributed by atoms with Gasteiger partial charge in [-0.1, -0.05) is 6.07 Å². The number of nitrogens with zero attached hydrogens (tertiary/aromatic N) is 2. The number of nitrogens with one attached hydrogen (secondary N) is 2. The van der Waals surface area contributed by atoms with Gasteiger partial charge in [0.05, 0.1) is 22.9 Å². The Balaban J connectivity index is 1.41. The molecule has 2 aliphatic rings. The molecule has 2 aliphatic heterocycles. The average Bonchev–Trinajstić information content (AvgIpc) is 3.16. The van der Waals surface area contributed by atoms with Gasteiger partial charge in [-0.15, -0.1) is 0 Å². The van der Waals surface area contributed by atoms with Crippen LogP contribution in [-0.2, 0) is 45.4 Å². The fourth-order valence-corrected chi connectivity index (χ4v) is 5.45. The number of rotatable bonds is 3. The molecule has 1 aromatic heterocycles. The summed E-state index contributed by atoms with van der Waals surface area (Å²) in [6, 6.07) is 4.70. The van der Waals surface area contributed by atoms with E-state index in [9.17, 15) is 18.0 Å². The minimum absolute atomic E-state index is 0.0780. The van der Waals surface area contributed by atoms with Crippen LogP contribution in [0.25, 0.3) is 0 Å². The normalized spacial score (nSPS) is 16.9. The quantitative estimate of drug-likeness (QED) is 0.748. The molecular weight excluding hydrogens is 380 g/mol. The molecule has 2 aromatic rings. The second-order valence-electron chi connectivity index (χ2n) is 7.19. The van der Waals surface area contributed by atoms with Gasteiger partial charge in [-0.25, -0.2) is 13.4 Å². The number of anilines is 1. The predicted molar refractivity (Wildman–Crippen MR) is 103 cm³/mol. The number of aromatic nitrogens is 2. The van der Waals surface area contributed by atoms with Crippen molar-refractivity contribution in [3.8, 4) is 0 Å². The third-order valence-corrected chi connectivity index (χ3v) is 7.11. The van der Waals surface area contributed by atoms with E-state index in [0.29, 0.717) is 12.1 Å². The summed E-state index contributed by atoms with van der Waals surface area (Å²) < 4.78 is 26.2. The first-order valence-corrected chi connectivity index (χ1v) is 11.0. The Morgan fingerprint density at radius 3 is 2.82 bits per heavy atom. The molecule has 148 valence electrons. The summed E-state index contributed by atoms with van der Waals surface area (Å²) in [6.45, 7) is 3.06. The van der Waals surface area contributed by atoms with Crippen LogP contribution in [0.3, 0.4) is 0 Å². The van der Waals surface area contributed by atoms with Crippen molar-refractivity contribution in [2.45, 2.75) is 50.6 Å². The minimum atomic E-state index is -3.30. The summed E-state index contributed by atoms with van der Waals surface area (Å²) in [7, 11) is -3.30. The second-order valence-corrected chi connectivity index (χ2v) is 9.27. The number of fused-ring (bicyclic) bond motifs is 2. The largest absolute Gasteiger partial charge is 0.342 e. The highest BCUT2D eigenvalue weighted by atomic mass is 32.2. The van der Waals surface area contributed by atoms with Gasteiger partial charge < -0.3 is 15.2 Å². The number of imidazole rings is 1. The molecule has 0 bridgehead atoms. The molecule has 2 amide bonds. The Labute approximate surface area is 163 Å². The zero-order valence-corrected chi connectivity index (χ0v) is 16.4. The van der Waals surface area contributed by atoms with Crippen LogP contribution in [0, 0.1) is 6.92 Å². The number of hydrogen-bond donors (Lipinski definition) is 2. The highest BCUT2D eigenvalue weighted by molar-refractivity contribution is 7.91. The lowest BCUT2D eigenvalue weighted by molar-refractivity contribution is -0.136. The highest BCUT2D eigenvalue weighted by Crippen LogP contribution is 2.28. The first-order valence-electron chi connectivity index (χ1n) is 9.35. The van der Waals surface area contributed by atoms with Crippen molar-refractivity contribution in [1.82, 2.24) is 14.9 Å². The van der Waals surface area contributed by atoms with E-state index in [0.717, 1.165) is 48.6 Å². The fraction of sp³-hybridized carbons (Fsp3) is 0.421. The topological polar surface area (TPSA) is 110 Å². The molecule has 0 aliphatic carbocycles. The minimum Gasteiger partial charge on any atom is -0.342 e. The van der Waals surface area contributed by atoms with E-state index in [1.165, 1.54) is 6.07 Å². The molecule has 8 nitrogen and oxygen atoms in total. The third kappa shape index (κ3) is 3.42. The van der Waals surface area contributed by atoms with Gasteiger partial charge in [0, 0.05) is 17.9 Å². The van der Waals surface area contributed by atoms with Crippen LogP contribution in [0.5, 0.6) is 0 Å². The number of hydrogen-bond acceptors (Lipinski definition) is 5. The van der Waals surface area contributed by atoms with Crippen molar-refractivity contribution >= 4 is 27.3 Å². The van der Waals surface area contributed by atoms with Crippen molar-refractivity contribution in [2.75, 3.05) is 11.1 Å². The van der Waals surface area contributed by atoms with Gasteiger partial charge in [0.25, 0.3) is 0 Å². The van der Waals surface area contributed by atoms with Crippen LogP contribution in [-0.4, -0.2) is 35.5 Å². The first-order chi connectivity index (χ1) is 13.3. The summed E-state index contributed by atoms with van der Waals surface area (Å²) in [5, 5.41) is 5.08. The maximum atomic E-state index is 12.2. The molecule has 0 saturated carbocycles. The zero-order chi connectivity index (χ0) is 19.9. The molecular formula is C19H22N4O4S. The Kier molecular flexibility index (Phi) is 4.70. The Morgan fingerprint density at radius 2 is 2.00 bits per heavy atom. The molecule has 0 fully saturated rings. The van der Waals surface area contributed by atoms with Gasteiger partial charge in [-0.05, 0) is 50.3 Å². The van der Waals surface area contributed by atoms with Gasteiger partial charge in [0.15, 0.2) is 9.84 Å². The predicted octanol–water partition coefficient (Wildman–Crippen LogP) is 1.11. The van der Waals surface area contributed by atoms with Crippen LogP contribution in [0.4, 0.5) is 5.69 Å². The van der Waals surface area contributed by atoms with Crippen molar-refractivity contribution in [2.24, 2.45) is 0 Å². The van der Waals surface area contributed by atoms with E-state index in [2.05, 4.69) is 20.2 Å². The van der Waals surface area contributed by atoms with Gasteiger partial charge in [-0.2, -0.15) is 0 Å². The fourth-order valence-electron chi connectivity index (χ4n) is 3.87. The van der Waals surface area contributed by atoms with E-state index in [4.69, 9.17) is 0 Å². The summed E-state index contributed by atoms with van der Waals surface area (Å²) >= 11 is 0. The first kappa shape index (κ1) is 18.7. The monoisotopic (exact) mass is 402 g/mol. The Bertz CT molecular complexity index is 1070. The second kappa shape index (κ2) is 7.05. The van der Waals surface area contributed by atoms with Gasteiger partial charge >= 0.3 is 11.8 Å². The van der Waals surface area contributed by atoms with Gasteiger partial charge in [0.1, 0.15) is 5.82 Å². The number of sulfone groups is 1. The molecule has 2 N–H and O–H groups in total. The van der Waals surface area contributed by atoms with Gasteiger partial charge in [0.2, 0.25) is 0 Å². The van der Waals surface area contributed by atoms with E-state index in [1.807, 2.05) is 6.92 Å². The van der Waals surface area contributed by atoms with Crippen molar-refractivity contribution < 1.29 is 18.0 Å². The Hall–Kier alpha value is -2.68. The Morgan fingerprint density at radius 1 is 1.18 bits per heavy atom. The number of benzene rings is 1. The number of carbonyl (C=O) groups excluding carboxylic acids is 2. The van der Waals surface area contributed by atoms with Crippen molar-refractivity contribution in [1.29, 1.82) is 0 Å². The number of carbonyl (C=O) groups is 2. The molecule has 4 rings (SSSR count). The standard InChI is InChI=1S/C19H22N4O4S/c1-12-21-15(16-4-2-3-8-23(12)16)11-20-18(24)19(25)22-14-6-5-13-7-9-28(26,27)17(13)10-14/h5-6,10H,2-4,7-9,11H2,1H3,(H,20,24)(H,22,25). The van der Waals surface area contributed by atoms with E-state index < -0.39 is 21.7 Å². The molecule has 9 heteroatoms. The van der Waals surface area contributed by atoms with Crippen molar-refractivity contribution in [3.63, 3.8) is 0 Å². The molecule has 0 spiro atoms. The van der Waals surface area contributed by atoms with Crippen LogP contribution >= 0.6 is 0 Å². The van der Waals surface area contributed by atoms with Crippen LogP contribution in [0.15, 0.2) is 23.1 Å². The summed E-state index contributed by atoms with van der Waals surface area (Å²) in [5.74, 6) is -0.615. The molecule has 0 saturated heterocycles. The number of amides is 2. The smallest absolute Gasteiger partial charge is 0.313 e. The van der Waals surface area contributed by atoms with Crippen LogP contribution in [0.1, 0.15) is 35.6 Å². The van der Waals surface area contributed by atoms with E-state index in [-0.39, 0.29) is 17.2 Å². The summed E-state index contributed by atoms with van der Waals surface area (Å²) in [4.78, 5) is 29.1. The summed E-state index contributed by atoms with van der Waals surface area (Å²) in [6.07, 6.45) is 3.60. The summed E-state index contributed by atoms with van der Waals surface area (Å²) in [5.41, 5.74) is 2.94. The third-order valence-electron chi connectivity index (χ3n) is 5.31. The molecule has 0 unspecified atom stereocenters. The average molecular weight is 402 g/mol. The lowest BCUT2D eigenvalue weighted by Crippen LogP contribution is -2.35. The molecule has 3 heterocycles. The van der Waals surface area contributed by atoms with Crippen LogP contribution in [0.2, 0.25) is 0 Å². The SMILES string of the molecule is Cc1nc(CNC(=O)C(=O)Nc2ccc3c(c2)S(=O)(=O)CC3)c2n1CCCC2. The zero-order valence-electron chi connectivity index (χ0n) is 15.6. The van der Waals surface area contributed by atoms with E-state index >= 15 is 0 Å². The van der Waals surface area contributed by atoms with Crippen molar-refractivity contribution in [3.05, 3.63) is 41.0 Å². The van der Waals surface area contributed by atoms with E-state index in [1.54, 1.807) is 12.1 Å². The maximum Gasteiger partial charge on any atom is 0.313 e. The van der Waals surface area contributed by atoms with Gasteiger partial charge in [-0.3, -0.25) is 9.59 Å². The lowest BCUT2D eigenvalue weighted by atomic mass is 10.1. The maximum absolute atomic E-state index is 12.2. The molecule has 28 heavy (non-hydrogen) atoms. The molecule has 1 aromatic carbocycles. The lowest BCUT2D eigenvalue weighted by Gasteiger charge is -2.16.